The molecule has 0 radical (unpaired) electrons. The van der Waals surface area contributed by atoms with E-state index in [0.717, 1.165) is 6.42 Å². The Bertz CT molecular complexity index is 130. The summed E-state index contributed by atoms with van der Waals surface area (Å²) in [6.07, 6.45) is 1.42. The van der Waals surface area contributed by atoms with Crippen LogP contribution in [0.5, 0.6) is 0 Å². The van der Waals surface area contributed by atoms with Crippen molar-refractivity contribution in [2.75, 3.05) is 0 Å². The fraction of sp³-hybridized carbons (Fsp3) is 1.00. The minimum absolute atomic E-state index is 0.231. The van der Waals surface area contributed by atoms with E-state index in [2.05, 4.69) is 51.0 Å². The first-order chi connectivity index (χ1) is 5.17. The van der Waals surface area contributed by atoms with E-state index in [9.17, 15) is 0 Å². The smallest absolute Gasteiger partial charge is 0.0664 e. The Labute approximate surface area is 79.6 Å². The zero-order valence-electron chi connectivity index (χ0n) is 9.27. The zero-order valence-corrected chi connectivity index (χ0v) is 10.4. The second-order valence-electron chi connectivity index (χ2n) is 5.76. The molecule has 0 aliphatic heterocycles. The lowest BCUT2D eigenvalue weighted by Crippen LogP contribution is -2.30. The maximum Gasteiger partial charge on any atom is 0.0664 e. The van der Waals surface area contributed by atoms with Crippen molar-refractivity contribution in [1.82, 2.24) is 0 Å². The molecule has 2 atom stereocenters. The van der Waals surface area contributed by atoms with Crippen LogP contribution in [0.2, 0.25) is 0 Å². The molecule has 0 fully saturated rings. The Kier molecular flexibility index (Phi) is 4.20. The lowest BCUT2D eigenvalue weighted by molar-refractivity contribution is 0.0665. The molecule has 12 heavy (non-hydrogen) atoms. The molecule has 74 valence electrons. The number of rotatable bonds is 2. The van der Waals surface area contributed by atoms with E-state index in [-0.39, 0.29) is 5.41 Å². The van der Waals surface area contributed by atoms with E-state index in [4.69, 9.17) is 4.52 Å². The summed E-state index contributed by atoms with van der Waals surface area (Å²) in [5.41, 5.74) is 0.573. The molecule has 0 aliphatic rings. The first-order valence-corrected chi connectivity index (χ1v) is 4.99. The van der Waals surface area contributed by atoms with Crippen LogP contribution in [-0.2, 0) is 4.52 Å². The van der Waals surface area contributed by atoms with Gasteiger partial charge in [-0.2, -0.15) is 0 Å². The van der Waals surface area contributed by atoms with Gasteiger partial charge in [-0.25, -0.2) is 0 Å². The average molecular weight is 190 g/mol. The van der Waals surface area contributed by atoms with Crippen molar-refractivity contribution in [2.24, 2.45) is 10.8 Å². The van der Waals surface area contributed by atoms with E-state index in [1.165, 1.54) is 0 Å². The van der Waals surface area contributed by atoms with E-state index in [0.29, 0.717) is 11.5 Å². The van der Waals surface area contributed by atoms with Crippen molar-refractivity contribution < 1.29 is 4.52 Å². The molecule has 0 amide bonds. The highest BCUT2D eigenvalue weighted by molar-refractivity contribution is 7.09. The van der Waals surface area contributed by atoms with Crippen molar-refractivity contribution >= 4 is 9.47 Å². The third-order valence-corrected chi connectivity index (χ3v) is 2.26. The predicted molar refractivity (Wildman–Crippen MR) is 58.1 cm³/mol. The first-order valence-electron chi connectivity index (χ1n) is 4.52. The van der Waals surface area contributed by atoms with Crippen LogP contribution in [0.4, 0.5) is 0 Å². The number of hydrogen-bond acceptors (Lipinski definition) is 1. The molecule has 0 aromatic carbocycles. The molecular weight excluding hydrogens is 167 g/mol. The van der Waals surface area contributed by atoms with Crippen LogP contribution in [0.15, 0.2) is 0 Å². The summed E-state index contributed by atoms with van der Waals surface area (Å²) >= 11 is 0. The van der Waals surface area contributed by atoms with Gasteiger partial charge in [0.2, 0.25) is 0 Å². The second kappa shape index (κ2) is 4.07. The summed E-state index contributed by atoms with van der Waals surface area (Å²) in [7, 11) is 2.38. The van der Waals surface area contributed by atoms with Crippen molar-refractivity contribution in [3.63, 3.8) is 0 Å². The molecule has 0 rings (SSSR count). The molecule has 0 aliphatic carbocycles. The molecule has 0 bridgehead atoms. The molecule has 0 N–H and O–H groups in total. The molecule has 0 saturated carbocycles. The molecule has 0 aromatic rings. The van der Waals surface area contributed by atoms with Crippen molar-refractivity contribution in [3.05, 3.63) is 0 Å². The first kappa shape index (κ1) is 12.4. The van der Waals surface area contributed by atoms with Crippen molar-refractivity contribution in [3.8, 4) is 0 Å². The summed E-state index contributed by atoms with van der Waals surface area (Å²) in [4.78, 5) is 0. The zero-order chi connectivity index (χ0) is 9.99. The summed E-state index contributed by atoms with van der Waals surface area (Å²) in [5.74, 6) is 0. The van der Waals surface area contributed by atoms with Crippen LogP contribution < -0.4 is 0 Å². The van der Waals surface area contributed by atoms with Gasteiger partial charge < -0.3 is 4.52 Å². The molecule has 2 unspecified atom stereocenters. The normalized spacial score (nSPS) is 16.2. The van der Waals surface area contributed by atoms with E-state index >= 15 is 0 Å². The molecular formula is C10H23OP. The van der Waals surface area contributed by atoms with Gasteiger partial charge >= 0.3 is 0 Å². The third-order valence-electron chi connectivity index (χ3n) is 1.93. The molecule has 0 heterocycles. The fourth-order valence-electron chi connectivity index (χ4n) is 1.11. The second-order valence-corrected chi connectivity index (χ2v) is 6.03. The highest BCUT2D eigenvalue weighted by Gasteiger charge is 2.28. The molecule has 0 saturated heterocycles. The van der Waals surface area contributed by atoms with Gasteiger partial charge in [-0.15, -0.1) is 0 Å². The third kappa shape index (κ3) is 5.11. The molecule has 0 spiro atoms. The lowest BCUT2D eigenvalue weighted by Gasteiger charge is -2.34. The summed E-state index contributed by atoms with van der Waals surface area (Å²) in [6, 6.07) is 0. The van der Waals surface area contributed by atoms with Gasteiger partial charge in [-0.3, -0.25) is 0 Å². The Morgan fingerprint density at radius 1 is 1.08 bits per heavy atom. The SMILES string of the molecule is CC(C)(C)CC(OP)C(C)(C)C. The van der Waals surface area contributed by atoms with Gasteiger partial charge in [0.1, 0.15) is 0 Å². The van der Waals surface area contributed by atoms with Gasteiger partial charge in [0.25, 0.3) is 0 Å². The minimum atomic E-state index is 0.231. The van der Waals surface area contributed by atoms with Crippen LogP contribution in [0.3, 0.4) is 0 Å². The van der Waals surface area contributed by atoms with E-state index in [1.807, 2.05) is 0 Å². The Morgan fingerprint density at radius 3 is 1.58 bits per heavy atom. The van der Waals surface area contributed by atoms with E-state index < -0.39 is 0 Å². The van der Waals surface area contributed by atoms with Gasteiger partial charge in [0, 0.05) is 9.47 Å². The van der Waals surface area contributed by atoms with Crippen LogP contribution in [0.25, 0.3) is 0 Å². The number of hydrogen-bond donors (Lipinski definition) is 0. The molecule has 1 nitrogen and oxygen atoms in total. The Balaban J connectivity index is 4.20. The van der Waals surface area contributed by atoms with Crippen LogP contribution >= 0.6 is 9.47 Å². The molecule has 2 heteroatoms. The lowest BCUT2D eigenvalue weighted by atomic mass is 9.79. The maximum absolute atomic E-state index is 5.41. The summed E-state index contributed by atoms with van der Waals surface area (Å²) in [6.45, 7) is 13.4. The fourth-order valence-corrected chi connectivity index (χ4v) is 1.62. The van der Waals surface area contributed by atoms with Crippen LogP contribution in [-0.4, -0.2) is 6.10 Å². The Hall–Kier alpha value is 0.390. The maximum atomic E-state index is 5.41. The molecule has 0 aromatic heterocycles. The van der Waals surface area contributed by atoms with Crippen LogP contribution in [0, 0.1) is 10.8 Å². The predicted octanol–water partition coefficient (Wildman–Crippen LogP) is 3.64. The van der Waals surface area contributed by atoms with Gasteiger partial charge in [0.15, 0.2) is 0 Å². The monoisotopic (exact) mass is 190 g/mol. The Morgan fingerprint density at radius 2 is 1.50 bits per heavy atom. The largest absolute Gasteiger partial charge is 0.362 e. The summed E-state index contributed by atoms with van der Waals surface area (Å²) < 4.78 is 5.41. The quantitative estimate of drug-likeness (QED) is 0.604. The van der Waals surface area contributed by atoms with Crippen LogP contribution in [0.1, 0.15) is 48.0 Å². The van der Waals surface area contributed by atoms with E-state index in [1.54, 1.807) is 0 Å². The minimum Gasteiger partial charge on any atom is -0.362 e. The average Bonchev–Trinajstić information content (AvgIpc) is 1.78. The standard InChI is InChI=1S/C10H23OP/c1-9(2,3)7-8(11-12)10(4,5)6/h8H,7,12H2,1-6H3. The highest BCUT2D eigenvalue weighted by atomic mass is 31.0. The van der Waals surface area contributed by atoms with Crippen molar-refractivity contribution in [1.29, 1.82) is 0 Å². The summed E-state index contributed by atoms with van der Waals surface area (Å²) in [5, 5.41) is 0. The highest BCUT2D eigenvalue weighted by Crippen LogP contribution is 2.33. The van der Waals surface area contributed by atoms with Gasteiger partial charge in [-0.1, -0.05) is 41.5 Å². The van der Waals surface area contributed by atoms with Gasteiger partial charge in [0.05, 0.1) is 6.10 Å². The van der Waals surface area contributed by atoms with Gasteiger partial charge in [-0.05, 0) is 17.3 Å². The van der Waals surface area contributed by atoms with Crippen molar-refractivity contribution in [2.45, 2.75) is 54.1 Å². The topological polar surface area (TPSA) is 9.23 Å².